The summed E-state index contributed by atoms with van der Waals surface area (Å²) in [6.07, 6.45) is 4.27. The summed E-state index contributed by atoms with van der Waals surface area (Å²) in [5.41, 5.74) is 0.744. The van der Waals surface area contributed by atoms with Crippen LogP contribution in [0.1, 0.15) is 6.42 Å². The van der Waals surface area contributed by atoms with Gasteiger partial charge in [-0.25, -0.2) is 4.79 Å². The summed E-state index contributed by atoms with van der Waals surface area (Å²) in [7, 11) is 3.25. The smallest absolute Gasteiger partial charge is 0.312 e. The second-order valence-corrected chi connectivity index (χ2v) is 5.18. The number of amides is 1. The van der Waals surface area contributed by atoms with Crippen molar-refractivity contribution in [2.45, 2.75) is 6.42 Å². The molecule has 0 aromatic heterocycles. The van der Waals surface area contributed by atoms with Gasteiger partial charge in [-0.15, -0.1) is 0 Å². The molecule has 0 N–H and O–H groups in total. The molecule has 0 atom stereocenters. The van der Waals surface area contributed by atoms with Gasteiger partial charge in [0, 0.05) is 20.5 Å². The van der Waals surface area contributed by atoms with Gasteiger partial charge < -0.3 is 4.90 Å². The van der Waals surface area contributed by atoms with Crippen LogP contribution in [0, 0.1) is 0 Å². The van der Waals surface area contributed by atoms with Crippen LogP contribution in [0.4, 0.5) is 4.79 Å². The van der Waals surface area contributed by atoms with Gasteiger partial charge in [-0.05, 0) is 27.3 Å². The average Bonchev–Trinajstić information content (AvgIpc) is 2.52. The van der Waals surface area contributed by atoms with Gasteiger partial charge in [0.25, 0.3) is 0 Å². The van der Waals surface area contributed by atoms with Crippen molar-refractivity contribution in [2.24, 2.45) is 5.16 Å². The first-order chi connectivity index (χ1) is 10.1. The molecule has 1 aliphatic rings. The van der Waals surface area contributed by atoms with Crippen molar-refractivity contribution >= 4 is 34.7 Å². The van der Waals surface area contributed by atoms with Crippen molar-refractivity contribution in [1.82, 2.24) is 4.90 Å². The maximum absolute atomic E-state index is 11.4. The third-order valence-corrected chi connectivity index (χ3v) is 3.45. The molecule has 4 nitrogen and oxygen atoms in total. The van der Waals surface area contributed by atoms with Crippen LogP contribution < -0.4 is 10.4 Å². The summed E-state index contributed by atoms with van der Waals surface area (Å²) in [5, 5.41) is 8.63. The molecule has 0 saturated heterocycles. The summed E-state index contributed by atoms with van der Waals surface area (Å²) in [5.74, 6) is 0. The highest BCUT2D eigenvalue weighted by Gasteiger charge is 2.07. The fourth-order valence-corrected chi connectivity index (χ4v) is 2.33. The molecule has 3 rings (SSSR count). The lowest BCUT2D eigenvalue weighted by Gasteiger charge is -2.09. The molecule has 0 saturated carbocycles. The van der Waals surface area contributed by atoms with Crippen molar-refractivity contribution in [2.75, 3.05) is 14.1 Å². The van der Waals surface area contributed by atoms with Gasteiger partial charge in [-0.3, -0.25) is 4.84 Å². The molecule has 0 unspecified atom stereocenters. The Hall–Kier alpha value is -2.62. The zero-order valence-corrected chi connectivity index (χ0v) is 12.0. The summed E-state index contributed by atoms with van der Waals surface area (Å²) in [6, 6.07) is 12.4. The molecule has 0 aliphatic heterocycles. The molecular weight excluding hydrogens is 264 g/mol. The zero-order valence-electron chi connectivity index (χ0n) is 12.0. The molecule has 2 aromatic rings. The Morgan fingerprint density at radius 2 is 2.00 bits per heavy atom. The van der Waals surface area contributed by atoms with E-state index in [-0.39, 0.29) is 0 Å². The van der Waals surface area contributed by atoms with E-state index >= 15 is 0 Å². The molecule has 0 radical (unpaired) electrons. The van der Waals surface area contributed by atoms with Gasteiger partial charge in [0.05, 0.1) is 5.71 Å². The average molecular weight is 280 g/mol. The number of oxime groups is 1. The first kappa shape index (κ1) is 13.4. The third kappa shape index (κ3) is 2.65. The van der Waals surface area contributed by atoms with Crippen LogP contribution in [0.15, 0.2) is 41.6 Å². The number of rotatable bonds is 1. The molecule has 1 aliphatic carbocycles. The van der Waals surface area contributed by atoms with Crippen LogP contribution in [-0.2, 0) is 4.84 Å². The number of carbonyl (C=O) groups is 1. The van der Waals surface area contributed by atoms with Gasteiger partial charge in [0.1, 0.15) is 0 Å². The minimum atomic E-state index is -0.473. The number of nitrogens with zero attached hydrogens (tertiary/aromatic N) is 2. The molecular formula is C17H16N2O2. The van der Waals surface area contributed by atoms with Gasteiger partial charge in [0.2, 0.25) is 0 Å². The summed E-state index contributed by atoms with van der Waals surface area (Å²) in [4.78, 5) is 17.7. The van der Waals surface area contributed by atoms with Crippen molar-refractivity contribution in [3.05, 3.63) is 46.8 Å². The van der Waals surface area contributed by atoms with Gasteiger partial charge in [0.15, 0.2) is 0 Å². The summed E-state index contributed by atoms with van der Waals surface area (Å²) < 4.78 is 0. The predicted molar refractivity (Wildman–Crippen MR) is 84.3 cm³/mol. The highest BCUT2D eigenvalue weighted by Crippen LogP contribution is 2.08. The lowest BCUT2D eigenvalue weighted by Crippen LogP contribution is -2.30. The largest absolute Gasteiger partial charge is 0.435 e. The van der Waals surface area contributed by atoms with Crippen LogP contribution in [0.3, 0.4) is 0 Å². The maximum Gasteiger partial charge on any atom is 0.435 e. The zero-order chi connectivity index (χ0) is 14.8. The Morgan fingerprint density at radius 3 is 2.81 bits per heavy atom. The number of fused-ring (bicyclic) bond motifs is 3. The molecule has 2 aromatic carbocycles. The Kier molecular flexibility index (Phi) is 3.44. The number of carbonyl (C=O) groups excluding carboxylic acids is 1. The van der Waals surface area contributed by atoms with Crippen molar-refractivity contribution in [3.8, 4) is 0 Å². The second-order valence-electron chi connectivity index (χ2n) is 5.18. The molecule has 0 fully saturated rings. The third-order valence-electron chi connectivity index (χ3n) is 3.45. The Morgan fingerprint density at radius 1 is 1.19 bits per heavy atom. The maximum atomic E-state index is 11.4. The van der Waals surface area contributed by atoms with Crippen molar-refractivity contribution in [1.29, 1.82) is 0 Å². The van der Waals surface area contributed by atoms with E-state index in [9.17, 15) is 4.79 Å². The quantitative estimate of drug-likeness (QED) is 0.591. The standard InChI is InChI=1S/C17H16N2O2/c1-19(2)17(20)21-18-14-10-9-13-8-7-12-5-3-4-6-15(12)16(13)11-14/h3-9,11H,10H2,1-2H3. The monoisotopic (exact) mass is 280 g/mol. The normalized spacial score (nSPS) is 15.0. The van der Waals surface area contributed by atoms with Crippen LogP contribution in [-0.4, -0.2) is 30.8 Å². The highest BCUT2D eigenvalue weighted by molar-refractivity contribution is 6.14. The fraction of sp³-hybridized carbons (Fsp3) is 0.176. The number of hydrogen-bond donors (Lipinski definition) is 0. The SMILES string of the molecule is CN(C)C(=O)ON=C1C=c2c(ccc3ccccc23)=CC1. The molecule has 0 heterocycles. The predicted octanol–water partition coefficient (Wildman–Crippen LogP) is 1.86. The van der Waals surface area contributed by atoms with Gasteiger partial charge in [-0.2, -0.15) is 0 Å². The lowest BCUT2D eigenvalue weighted by molar-refractivity contribution is 0.122. The van der Waals surface area contributed by atoms with Gasteiger partial charge in [-0.1, -0.05) is 47.6 Å². The van der Waals surface area contributed by atoms with Crippen LogP contribution >= 0.6 is 0 Å². The van der Waals surface area contributed by atoms with Crippen LogP contribution in [0.25, 0.3) is 22.9 Å². The number of benzene rings is 2. The Labute approximate surface area is 122 Å². The lowest BCUT2D eigenvalue weighted by atomic mass is 10.0. The van der Waals surface area contributed by atoms with E-state index in [4.69, 9.17) is 4.84 Å². The molecule has 106 valence electrons. The van der Waals surface area contributed by atoms with Crippen molar-refractivity contribution < 1.29 is 9.63 Å². The summed E-state index contributed by atoms with van der Waals surface area (Å²) >= 11 is 0. The first-order valence-corrected chi connectivity index (χ1v) is 6.80. The van der Waals surface area contributed by atoms with E-state index in [1.165, 1.54) is 20.9 Å². The van der Waals surface area contributed by atoms with E-state index in [0.29, 0.717) is 6.42 Å². The molecule has 0 bridgehead atoms. The second kappa shape index (κ2) is 5.40. The topological polar surface area (TPSA) is 41.9 Å². The Bertz CT molecular complexity index is 851. The molecule has 21 heavy (non-hydrogen) atoms. The highest BCUT2D eigenvalue weighted by atomic mass is 16.7. The van der Waals surface area contributed by atoms with Gasteiger partial charge >= 0.3 is 6.09 Å². The molecule has 4 heteroatoms. The fourth-order valence-electron chi connectivity index (χ4n) is 2.33. The first-order valence-electron chi connectivity index (χ1n) is 6.80. The number of hydrogen-bond acceptors (Lipinski definition) is 3. The minimum absolute atomic E-state index is 0.473. The van der Waals surface area contributed by atoms with E-state index in [0.717, 1.165) is 10.9 Å². The van der Waals surface area contributed by atoms with E-state index in [1.807, 2.05) is 18.2 Å². The van der Waals surface area contributed by atoms with Crippen LogP contribution in [0.5, 0.6) is 0 Å². The Balaban J connectivity index is 2.05. The minimum Gasteiger partial charge on any atom is -0.312 e. The van der Waals surface area contributed by atoms with E-state index < -0.39 is 6.09 Å². The van der Waals surface area contributed by atoms with E-state index in [1.54, 1.807) is 14.1 Å². The van der Waals surface area contributed by atoms with Crippen LogP contribution in [0.2, 0.25) is 0 Å². The van der Waals surface area contributed by atoms with Crippen molar-refractivity contribution in [3.63, 3.8) is 0 Å². The molecule has 0 spiro atoms. The summed E-state index contributed by atoms with van der Waals surface area (Å²) in [6.45, 7) is 0. The van der Waals surface area contributed by atoms with E-state index in [2.05, 4.69) is 35.5 Å². The molecule has 1 amide bonds.